The topological polar surface area (TPSA) is 90.7 Å². The van der Waals surface area contributed by atoms with Gasteiger partial charge in [-0.15, -0.1) is 0 Å². The van der Waals surface area contributed by atoms with Crippen LogP contribution < -0.4 is 14.8 Å². The van der Waals surface area contributed by atoms with Crippen molar-refractivity contribution in [2.75, 3.05) is 13.7 Å². The second kappa shape index (κ2) is 10.8. The van der Waals surface area contributed by atoms with Crippen LogP contribution in [-0.4, -0.2) is 24.5 Å². The van der Waals surface area contributed by atoms with Gasteiger partial charge in [-0.05, 0) is 35.2 Å². The number of methoxy groups -OCH3 is 1. The third-order valence-electron chi connectivity index (χ3n) is 4.69. The van der Waals surface area contributed by atoms with Crippen molar-refractivity contribution in [3.8, 4) is 11.5 Å². The smallest absolute Gasteiger partial charge is 0.269 e. The van der Waals surface area contributed by atoms with Gasteiger partial charge in [0.2, 0.25) is 5.91 Å². The minimum atomic E-state index is -0.470. The molecule has 0 unspecified atom stereocenters. The number of nitro benzene ring substituents is 1. The fourth-order valence-corrected chi connectivity index (χ4v) is 3.10. The first-order valence-electron chi connectivity index (χ1n) is 9.89. The van der Waals surface area contributed by atoms with Gasteiger partial charge in [0.15, 0.2) is 11.5 Å². The van der Waals surface area contributed by atoms with Crippen LogP contribution in [0.3, 0.4) is 0 Å². The van der Waals surface area contributed by atoms with Gasteiger partial charge < -0.3 is 14.8 Å². The number of carbonyl (C=O) groups excluding carboxylic acids is 1. The summed E-state index contributed by atoms with van der Waals surface area (Å²) in [4.78, 5) is 22.5. The van der Waals surface area contributed by atoms with Crippen molar-refractivity contribution in [2.24, 2.45) is 0 Å². The Bertz CT molecular complexity index is 1040. The molecule has 0 atom stereocenters. The number of nitrogens with one attached hydrogen (secondary N) is 1. The number of hydrogen-bond acceptors (Lipinski definition) is 5. The highest BCUT2D eigenvalue weighted by Crippen LogP contribution is 2.29. The SMILES string of the molecule is COc1cc(CCNC(=O)Cc2cccc([N+](=O)[O-])c2)ccc1OCc1ccccc1. The number of amides is 1. The van der Waals surface area contributed by atoms with E-state index in [9.17, 15) is 14.9 Å². The van der Waals surface area contributed by atoms with Gasteiger partial charge in [0.25, 0.3) is 5.69 Å². The Labute approximate surface area is 180 Å². The third-order valence-corrected chi connectivity index (χ3v) is 4.69. The summed E-state index contributed by atoms with van der Waals surface area (Å²) in [6.07, 6.45) is 0.716. The molecule has 0 saturated heterocycles. The number of ether oxygens (including phenoxy) is 2. The fraction of sp³-hybridized carbons (Fsp3) is 0.208. The second-order valence-corrected chi connectivity index (χ2v) is 6.96. The Kier molecular flexibility index (Phi) is 7.59. The van der Waals surface area contributed by atoms with Gasteiger partial charge in [0.1, 0.15) is 6.61 Å². The minimum absolute atomic E-state index is 0.0213. The molecule has 1 amide bonds. The molecule has 0 radical (unpaired) electrons. The summed E-state index contributed by atoms with van der Waals surface area (Å²) in [5, 5.41) is 13.7. The lowest BCUT2D eigenvalue weighted by molar-refractivity contribution is -0.384. The maximum Gasteiger partial charge on any atom is 0.269 e. The number of nitrogens with zero attached hydrogens (tertiary/aromatic N) is 1. The van der Waals surface area contributed by atoms with E-state index in [0.717, 1.165) is 11.1 Å². The number of rotatable bonds is 10. The zero-order chi connectivity index (χ0) is 22.1. The molecule has 0 saturated carbocycles. The summed E-state index contributed by atoms with van der Waals surface area (Å²) in [7, 11) is 1.59. The van der Waals surface area contributed by atoms with Crippen LogP contribution in [0.4, 0.5) is 5.69 Å². The first kappa shape index (κ1) is 21.8. The van der Waals surface area contributed by atoms with Crippen molar-refractivity contribution in [1.82, 2.24) is 5.32 Å². The number of carbonyl (C=O) groups is 1. The summed E-state index contributed by atoms with van der Waals surface area (Å²) in [5.41, 5.74) is 2.65. The Hall–Kier alpha value is -3.87. The molecule has 0 aliphatic rings. The summed E-state index contributed by atoms with van der Waals surface area (Å²) in [5.74, 6) is 1.11. The van der Waals surface area contributed by atoms with Crippen molar-refractivity contribution >= 4 is 11.6 Å². The van der Waals surface area contributed by atoms with Crippen LogP contribution in [0.2, 0.25) is 0 Å². The van der Waals surface area contributed by atoms with Crippen molar-refractivity contribution in [2.45, 2.75) is 19.4 Å². The maximum absolute atomic E-state index is 12.2. The zero-order valence-electron chi connectivity index (χ0n) is 17.2. The maximum atomic E-state index is 12.2. The van der Waals surface area contributed by atoms with Crippen molar-refractivity contribution in [3.63, 3.8) is 0 Å². The summed E-state index contributed by atoms with van der Waals surface area (Å²) >= 11 is 0. The van der Waals surface area contributed by atoms with Crippen molar-refractivity contribution in [3.05, 3.63) is 99.6 Å². The van der Waals surface area contributed by atoms with E-state index in [-0.39, 0.29) is 18.0 Å². The molecule has 0 aliphatic heterocycles. The average molecular weight is 420 g/mol. The van der Waals surface area contributed by atoms with E-state index in [1.807, 2.05) is 48.5 Å². The molecule has 0 fully saturated rings. The van der Waals surface area contributed by atoms with Crippen LogP contribution in [0.15, 0.2) is 72.8 Å². The third kappa shape index (κ3) is 6.57. The minimum Gasteiger partial charge on any atom is -0.493 e. The summed E-state index contributed by atoms with van der Waals surface area (Å²) < 4.78 is 11.3. The van der Waals surface area contributed by atoms with Crippen LogP contribution in [0.5, 0.6) is 11.5 Å². The van der Waals surface area contributed by atoms with Gasteiger partial charge in [0, 0.05) is 18.7 Å². The molecule has 0 bridgehead atoms. The molecule has 1 N–H and O–H groups in total. The Morgan fingerprint density at radius 2 is 1.71 bits per heavy atom. The van der Waals surface area contributed by atoms with Gasteiger partial charge >= 0.3 is 0 Å². The highest BCUT2D eigenvalue weighted by atomic mass is 16.6. The van der Waals surface area contributed by atoms with E-state index in [0.29, 0.717) is 36.6 Å². The van der Waals surface area contributed by atoms with Gasteiger partial charge in [-0.3, -0.25) is 14.9 Å². The van der Waals surface area contributed by atoms with Gasteiger partial charge in [-0.2, -0.15) is 0 Å². The van der Waals surface area contributed by atoms with E-state index in [1.54, 1.807) is 19.2 Å². The molecule has 3 rings (SSSR count). The normalized spacial score (nSPS) is 10.4. The van der Waals surface area contributed by atoms with Crippen LogP contribution in [0.25, 0.3) is 0 Å². The second-order valence-electron chi connectivity index (χ2n) is 6.96. The van der Waals surface area contributed by atoms with Crippen LogP contribution in [-0.2, 0) is 24.2 Å². The van der Waals surface area contributed by atoms with Crippen molar-refractivity contribution in [1.29, 1.82) is 0 Å². The number of hydrogen-bond donors (Lipinski definition) is 1. The van der Waals surface area contributed by atoms with Crippen molar-refractivity contribution < 1.29 is 19.2 Å². The Morgan fingerprint density at radius 3 is 2.45 bits per heavy atom. The van der Waals surface area contributed by atoms with E-state index in [1.165, 1.54) is 12.1 Å². The molecular formula is C24H24N2O5. The molecule has 7 nitrogen and oxygen atoms in total. The number of benzene rings is 3. The Balaban J connectivity index is 1.50. The summed E-state index contributed by atoms with van der Waals surface area (Å²) in [6, 6.07) is 21.7. The van der Waals surface area contributed by atoms with E-state index < -0.39 is 4.92 Å². The van der Waals surface area contributed by atoms with Gasteiger partial charge in [-0.1, -0.05) is 48.5 Å². The highest BCUT2D eigenvalue weighted by Gasteiger charge is 2.10. The van der Waals surface area contributed by atoms with E-state index in [4.69, 9.17) is 9.47 Å². The first-order valence-corrected chi connectivity index (χ1v) is 9.89. The standard InChI is InChI=1S/C24H24N2O5/c1-30-23-15-18(10-11-22(23)31-17-19-6-3-2-4-7-19)12-13-25-24(27)16-20-8-5-9-21(14-20)26(28)29/h2-11,14-15H,12-13,16-17H2,1H3,(H,25,27). The van der Waals surface area contributed by atoms with E-state index in [2.05, 4.69) is 5.32 Å². The molecular weight excluding hydrogens is 396 g/mol. The Morgan fingerprint density at radius 1 is 0.935 bits per heavy atom. The number of non-ortho nitro benzene ring substituents is 1. The van der Waals surface area contributed by atoms with E-state index >= 15 is 0 Å². The molecule has 0 heterocycles. The van der Waals surface area contributed by atoms with Gasteiger partial charge in [0.05, 0.1) is 18.5 Å². The number of nitro groups is 1. The molecule has 160 valence electrons. The molecule has 3 aromatic carbocycles. The lowest BCUT2D eigenvalue weighted by Crippen LogP contribution is -2.27. The molecule has 0 aromatic heterocycles. The summed E-state index contributed by atoms with van der Waals surface area (Å²) in [6.45, 7) is 0.894. The van der Waals surface area contributed by atoms with Gasteiger partial charge in [-0.25, -0.2) is 0 Å². The predicted molar refractivity (Wildman–Crippen MR) is 117 cm³/mol. The van der Waals surface area contributed by atoms with Crippen LogP contribution >= 0.6 is 0 Å². The van der Waals surface area contributed by atoms with Crippen LogP contribution in [0, 0.1) is 10.1 Å². The lowest BCUT2D eigenvalue weighted by atomic mass is 10.1. The fourth-order valence-electron chi connectivity index (χ4n) is 3.10. The highest BCUT2D eigenvalue weighted by molar-refractivity contribution is 5.78. The molecule has 31 heavy (non-hydrogen) atoms. The first-order chi connectivity index (χ1) is 15.0. The largest absolute Gasteiger partial charge is 0.493 e. The molecule has 7 heteroatoms. The zero-order valence-corrected chi connectivity index (χ0v) is 17.2. The molecule has 0 aliphatic carbocycles. The van der Waals surface area contributed by atoms with Crippen LogP contribution in [0.1, 0.15) is 16.7 Å². The quantitative estimate of drug-likeness (QED) is 0.394. The predicted octanol–water partition coefficient (Wildman–Crippen LogP) is 4.08. The monoisotopic (exact) mass is 420 g/mol. The average Bonchev–Trinajstić information content (AvgIpc) is 2.79. The molecule has 0 spiro atoms. The lowest BCUT2D eigenvalue weighted by Gasteiger charge is -2.13. The molecule has 3 aromatic rings.